The second kappa shape index (κ2) is 10.1. The highest BCUT2D eigenvalue weighted by Crippen LogP contribution is 2.45. The lowest BCUT2D eigenvalue weighted by atomic mass is 9.88. The molecule has 2 fully saturated rings. The fourth-order valence-electron chi connectivity index (χ4n) is 6.12. The van der Waals surface area contributed by atoms with Crippen molar-refractivity contribution in [3.63, 3.8) is 0 Å². The largest absolute Gasteiger partial charge is 0.369 e. The van der Waals surface area contributed by atoms with E-state index >= 15 is 0 Å². The number of nitrogens with two attached hydrogens (primary N) is 1. The molecule has 2 bridgehead atoms. The first-order valence-corrected chi connectivity index (χ1v) is 14.6. The third kappa shape index (κ3) is 4.94. The fourth-order valence-corrected chi connectivity index (χ4v) is 7.21. The number of primary amides is 1. The average Bonchev–Trinajstić information content (AvgIpc) is 3.48. The normalized spacial score (nSPS) is 25.1. The van der Waals surface area contributed by atoms with E-state index in [0.29, 0.717) is 26.2 Å². The summed E-state index contributed by atoms with van der Waals surface area (Å²) in [4.78, 5) is 22.7. The Morgan fingerprint density at radius 3 is 2.42 bits per heavy atom. The standard InChI is InChI=1S/C26H34FN7O3S/c1-4-38(36,37)34-9-7-33(8-10-34)23-15(2)11-19(12-16(23)3)30-26-29-14-20(27)25(32-26)31-22-18-6-5-17(13-18)21(22)24(28)35/h5-6,11-12,14,17-18,21-22H,4,7-10,13H2,1-3H3,(H2,28,35)(H2,29,30,31,32). The van der Waals surface area contributed by atoms with Gasteiger partial charge in [0.05, 0.1) is 17.9 Å². The monoisotopic (exact) mass is 543 g/mol. The Labute approximate surface area is 222 Å². The van der Waals surface area contributed by atoms with Crippen molar-refractivity contribution >= 4 is 39.1 Å². The van der Waals surface area contributed by atoms with Gasteiger partial charge < -0.3 is 21.3 Å². The van der Waals surface area contributed by atoms with Gasteiger partial charge in [-0.15, -0.1) is 0 Å². The molecule has 12 heteroatoms. The van der Waals surface area contributed by atoms with Crippen molar-refractivity contribution in [2.75, 3.05) is 47.5 Å². The molecule has 5 rings (SSSR count). The number of allylic oxidation sites excluding steroid dienone is 1. The number of carbonyl (C=O) groups is 1. The highest BCUT2D eigenvalue weighted by Gasteiger charge is 2.47. The maximum absolute atomic E-state index is 14.6. The summed E-state index contributed by atoms with van der Waals surface area (Å²) in [6.07, 6.45) is 5.99. The molecule has 1 amide bonds. The number of rotatable bonds is 8. The number of fused-ring (bicyclic) bond motifs is 2. The number of piperazine rings is 1. The third-order valence-corrected chi connectivity index (χ3v) is 9.78. The van der Waals surface area contributed by atoms with Gasteiger partial charge in [0.15, 0.2) is 11.6 Å². The molecule has 10 nitrogen and oxygen atoms in total. The number of nitrogens with one attached hydrogen (secondary N) is 2. The lowest BCUT2D eigenvalue weighted by molar-refractivity contribution is -0.122. The van der Waals surface area contributed by atoms with E-state index in [1.165, 1.54) is 0 Å². The maximum Gasteiger partial charge on any atom is 0.229 e. The Kier molecular flexibility index (Phi) is 7.03. The van der Waals surface area contributed by atoms with Crippen LogP contribution in [0, 0.1) is 37.4 Å². The molecule has 2 heterocycles. The lowest BCUT2D eigenvalue weighted by Gasteiger charge is -2.37. The summed E-state index contributed by atoms with van der Waals surface area (Å²) in [5.74, 6) is -0.857. The highest BCUT2D eigenvalue weighted by atomic mass is 32.2. The van der Waals surface area contributed by atoms with Crippen LogP contribution in [0.3, 0.4) is 0 Å². The van der Waals surface area contributed by atoms with Gasteiger partial charge in [0.25, 0.3) is 0 Å². The SMILES string of the molecule is CCS(=O)(=O)N1CCN(c2c(C)cc(Nc3ncc(F)c(NC4C5C=CC(C5)C4C(N)=O)n3)cc2C)CC1. The van der Waals surface area contributed by atoms with Gasteiger partial charge in [-0.3, -0.25) is 4.79 Å². The quantitative estimate of drug-likeness (QED) is 0.433. The minimum atomic E-state index is -3.19. The predicted molar refractivity (Wildman–Crippen MR) is 145 cm³/mol. The molecule has 4 N–H and O–H groups in total. The molecular formula is C26H34FN7O3S. The number of hydrogen-bond donors (Lipinski definition) is 3. The van der Waals surface area contributed by atoms with Crippen molar-refractivity contribution in [1.29, 1.82) is 0 Å². The Balaban J connectivity index is 1.30. The summed E-state index contributed by atoms with van der Waals surface area (Å²) in [6, 6.07) is 3.64. The minimum Gasteiger partial charge on any atom is -0.369 e. The van der Waals surface area contributed by atoms with E-state index in [9.17, 15) is 17.6 Å². The first-order valence-electron chi connectivity index (χ1n) is 12.9. The van der Waals surface area contributed by atoms with Crippen molar-refractivity contribution in [1.82, 2.24) is 14.3 Å². The van der Waals surface area contributed by atoms with Gasteiger partial charge in [-0.05, 0) is 62.3 Å². The van der Waals surface area contributed by atoms with Crippen LogP contribution in [0.4, 0.5) is 27.5 Å². The molecule has 4 unspecified atom stereocenters. The number of benzene rings is 1. The zero-order chi connectivity index (χ0) is 27.2. The van der Waals surface area contributed by atoms with E-state index < -0.39 is 27.7 Å². The molecule has 2 aliphatic carbocycles. The fraction of sp³-hybridized carbons (Fsp3) is 0.500. The summed E-state index contributed by atoms with van der Waals surface area (Å²) in [6.45, 7) is 7.84. The van der Waals surface area contributed by atoms with Crippen LogP contribution in [0.2, 0.25) is 0 Å². The molecule has 2 aromatic rings. The molecule has 38 heavy (non-hydrogen) atoms. The topological polar surface area (TPSA) is 134 Å². The van der Waals surface area contributed by atoms with Gasteiger partial charge in [0, 0.05) is 43.6 Å². The van der Waals surface area contributed by atoms with Gasteiger partial charge in [-0.2, -0.15) is 9.29 Å². The third-order valence-electron chi connectivity index (χ3n) is 7.90. The van der Waals surface area contributed by atoms with Crippen LogP contribution in [0.5, 0.6) is 0 Å². The van der Waals surface area contributed by atoms with Crippen LogP contribution >= 0.6 is 0 Å². The highest BCUT2D eigenvalue weighted by molar-refractivity contribution is 7.89. The van der Waals surface area contributed by atoms with Gasteiger partial charge >= 0.3 is 0 Å². The molecule has 4 atom stereocenters. The second-order valence-electron chi connectivity index (χ2n) is 10.3. The summed E-state index contributed by atoms with van der Waals surface area (Å²) < 4.78 is 40.6. The molecular weight excluding hydrogens is 509 g/mol. The number of sulfonamides is 1. The second-order valence-corrected chi connectivity index (χ2v) is 12.6. The Hall–Kier alpha value is -3.25. The van der Waals surface area contributed by atoms with E-state index in [-0.39, 0.29) is 35.4 Å². The van der Waals surface area contributed by atoms with Crippen molar-refractivity contribution in [3.05, 3.63) is 47.4 Å². The number of nitrogens with zero attached hydrogens (tertiary/aromatic N) is 4. The molecule has 1 saturated carbocycles. The van der Waals surface area contributed by atoms with Crippen LogP contribution in [-0.4, -0.2) is 66.6 Å². The zero-order valence-corrected chi connectivity index (χ0v) is 22.6. The van der Waals surface area contributed by atoms with E-state index in [4.69, 9.17) is 5.73 Å². The van der Waals surface area contributed by atoms with Gasteiger partial charge in [0.2, 0.25) is 21.9 Å². The molecule has 1 aromatic heterocycles. The van der Waals surface area contributed by atoms with E-state index in [2.05, 4.69) is 31.6 Å². The number of anilines is 4. The van der Waals surface area contributed by atoms with Crippen LogP contribution in [-0.2, 0) is 14.8 Å². The molecule has 204 valence electrons. The zero-order valence-electron chi connectivity index (χ0n) is 21.8. The molecule has 0 radical (unpaired) electrons. The number of halogens is 1. The lowest BCUT2D eigenvalue weighted by Crippen LogP contribution is -2.49. The Bertz CT molecular complexity index is 1350. The molecule has 3 aliphatic rings. The van der Waals surface area contributed by atoms with Crippen molar-refractivity contribution in [3.8, 4) is 0 Å². The van der Waals surface area contributed by atoms with Crippen molar-refractivity contribution in [2.24, 2.45) is 23.5 Å². The van der Waals surface area contributed by atoms with Gasteiger partial charge in [-0.1, -0.05) is 12.2 Å². The minimum absolute atomic E-state index is 0.0321. The van der Waals surface area contributed by atoms with Crippen LogP contribution in [0.15, 0.2) is 30.5 Å². The maximum atomic E-state index is 14.6. The molecule has 1 aromatic carbocycles. The van der Waals surface area contributed by atoms with E-state index in [1.54, 1.807) is 11.2 Å². The first-order chi connectivity index (χ1) is 18.1. The number of aromatic nitrogens is 2. The first kappa shape index (κ1) is 26.4. The Morgan fingerprint density at radius 1 is 1.13 bits per heavy atom. The van der Waals surface area contributed by atoms with E-state index in [0.717, 1.165) is 35.1 Å². The van der Waals surface area contributed by atoms with Crippen molar-refractivity contribution in [2.45, 2.75) is 33.2 Å². The van der Waals surface area contributed by atoms with Crippen LogP contribution < -0.4 is 21.3 Å². The van der Waals surface area contributed by atoms with Gasteiger partial charge in [0.1, 0.15) is 0 Å². The summed E-state index contributed by atoms with van der Waals surface area (Å²) in [7, 11) is -3.19. The summed E-state index contributed by atoms with van der Waals surface area (Å²) in [5, 5.41) is 6.29. The number of carbonyl (C=O) groups excluding carboxylic acids is 1. The Morgan fingerprint density at radius 2 is 1.79 bits per heavy atom. The summed E-state index contributed by atoms with van der Waals surface area (Å²) in [5.41, 5.74) is 9.53. The number of amides is 1. The van der Waals surface area contributed by atoms with Crippen molar-refractivity contribution < 1.29 is 17.6 Å². The van der Waals surface area contributed by atoms with Crippen LogP contribution in [0.1, 0.15) is 24.5 Å². The predicted octanol–water partition coefficient (Wildman–Crippen LogP) is 2.54. The van der Waals surface area contributed by atoms with E-state index in [1.807, 2.05) is 32.1 Å². The average molecular weight is 544 g/mol. The smallest absolute Gasteiger partial charge is 0.229 e. The molecule has 0 spiro atoms. The molecule has 1 aliphatic heterocycles. The summed E-state index contributed by atoms with van der Waals surface area (Å²) >= 11 is 0. The molecule has 1 saturated heterocycles. The van der Waals surface area contributed by atoms with Crippen LogP contribution in [0.25, 0.3) is 0 Å². The van der Waals surface area contributed by atoms with Gasteiger partial charge in [-0.25, -0.2) is 17.8 Å². The number of hydrogen-bond acceptors (Lipinski definition) is 8. The number of aryl methyl sites for hydroxylation is 2.